The summed E-state index contributed by atoms with van der Waals surface area (Å²) in [5, 5.41) is 0. The lowest BCUT2D eigenvalue weighted by molar-refractivity contribution is -0.138. The predicted octanol–water partition coefficient (Wildman–Crippen LogP) is 3.72. The number of fused-ring (bicyclic) bond motifs is 3. The number of rotatable bonds is 2. The first-order valence-corrected chi connectivity index (χ1v) is 11.6. The number of aryl methyl sites for hydroxylation is 1. The lowest BCUT2D eigenvalue weighted by atomic mass is 9.60. The van der Waals surface area contributed by atoms with Crippen molar-refractivity contribution in [2.75, 3.05) is 24.0 Å². The molecule has 1 amide bonds. The Hall–Kier alpha value is -3.87. The quantitative estimate of drug-likeness (QED) is 0.671. The molecule has 180 valence electrons. The number of allylic oxidation sites excluding steroid dienone is 1. The van der Waals surface area contributed by atoms with Crippen molar-refractivity contribution in [1.82, 2.24) is 0 Å². The molecular formula is C28H29N3O4. The number of Topliss-reactive ketones (excluding diaryl/α,β-unsaturated/α-hetero) is 1. The van der Waals surface area contributed by atoms with E-state index in [0.29, 0.717) is 28.9 Å². The smallest absolute Gasteiger partial charge is 0.339 e. The number of anilines is 2. The number of amides is 1. The van der Waals surface area contributed by atoms with Gasteiger partial charge >= 0.3 is 5.97 Å². The number of carbonyl (C=O) groups excluding carboxylic acids is 3. The summed E-state index contributed by atoms with van der Waals surface area (Å²) in [6.07, 6.45) is 0.765. The van der Waals surface area contributed by atoms with E-state index in [4.69, 9.17) is 10.5 Å². The average molecular weight is 472 g/mol. The lowest BCUT2D eigenvalue weighted by Gasteiger charge is -2.47. The zero-order chi connectivity index (χ0) is 25.3. The number of hydrogen-bond acceptors (Lipinski definition) is 6. The van der Waals surface area contributed by atoms with E-state index in [9.17, 15) is 14.4 Å². The Morgan fingerprint density at radius 3 is 2.46 bits per heavy atom. The summed E-state index contributed by atoms with van der Waals surface area (Å²) in [6.45, 7) is 6.02. The first kappa shape index (κ1) is 22.9. The largest absolute Gasteiger partial charge is 0.466 e. The molecule has 2 aromatic rings. The van der Waals surface area contributed by atoms with Crippen LogP contribution in [0.25, 0.3) is 0 Å². The SMILES string of the molecule is COC(=O)C1=C(N)N(c2cccc(C)c2)C2=C(C(=O)CC(C)(C)C2)C12C(=O)N(C)c1ccccc12. The fourth-order valence-corrected chi connectivity index (χ4v) is 5.94. The van der Waals surface area contributed by atoms with Crippen LogP contribution < -0.4 is 15.5 Å². The van der Waals surface area contributed by atoms with Gasteiger partial charge < -0.3 is 15.4 Å². The molecule has 7 heteroatoms. The van der Waals surface area contributed by atoms with E-state index in [1.54, 1.807) is 18.0 Å². The Morgan fingerprint density at radius 1 is 1.06 bits per heavy atom. The second-order valence-electron chi connectivity index (χ2n) is 10.3. The number of para-hydroxylation sites is 1. The van der Waals surface area contributed by atoms with Crippen LogP contribution in [0.15, 0.2) is 71.2 Å². The number of nitrogens with two attached hydrogens (primary N) is 1. The molecule has 5 rings (SSSR count). The van der Waals surface area contributed by atoms with E-state index >= 15 is 0 Å². The van der Waals surface area contributed by atoms with Crippen LogP contribution in [0.2, 0.25) is 0 Å². The molecule has 1 aliphatic carbocycles. The number of benzene rings is 2. The molecule has 2 heterocycles. The fraction of sp³-hybridized carbons (Fsp3) is 0.321. The van der Waals surface area contributed by atoms with Crippen LogP contribution in [-0.2, 0) is 24.5 Å². The second kappa shape index (κ2) is 7.57. The van der Waals surface area contributed by atoms with Crippen molar-refractivity contribution in [3.8, 4) is 0 Å². The molecule has 1 atom stereocenters. The highest BCUT2D eigenvalue weighted by molar-refractivity contribution is 6.24. The second-order valence-corrected chi connectivity index (χ2v) is 10.3. The van der Waals surface area contributed by atoms with Gasteiger partial charge in [-0.2, -0.15) is 0 Å². The predicted molar refractivity (Wildman–Crippen MR) is 133 cm³/mol. The number of esters is 1. The third-order valence-corrected chi connectivity index (χ3v) is 7.31. The Labute approximate surface area is 204 Å². The maximum Gasteiger partial charge on any atom is 0.339 e. The van der Waals surface area contributed by atoms with Gasteiger partial charge in [0.1, 0.15) is 16.8 Å². The van der Waals surface area contributed by atoms with Crippen LogP contribution in [-0.4, -0.2) is 31.8 Å². The molecule has 1 spiro atoms. The molecule has 35 heavy (non-hydrogen) atoms. The van der Waals surface area contributed by atoms with Gasteiger partial charge in [0.25, 0.3) is 0 Å². The maximum atomic E-state index is 14.2. The molecule has 2 aliphatic heterocycles. The van der Waals surface area contributed by atoms with Crippen molar-refractivity contribution in [3.05, 3.63) is 82.3 Å². The molecule has 0 aromatic heterocycles. The highest BCUT2D eigenvalue weighted by Gasteiger charge is 2.64. The zero-order valence-corrected chi connectivity index (χ0v) is 20.6. The third-order valence-electron chi connectivity index (χ3n) is 7.31. The number of carbonyl (C=O) groups is 3. The number of nitrogens with zero attached hydrogens (tertiary/aromatic N) is 2. The van der Waals surface area contributed by atoms with Crippen molar-refractivity contribution in [1.29, 1.82) is 0 Å². The molecule has 7 nitrogen and oxygen atoms in total. The molecule has 0 radical (unpaired) electrons. The minimum Gasteiger partial charge on any atom is -0.466 e. The standard InChI is InChI=1S/C28H29N3O4/c1-16-9-8-10-17(13-16)31-20-14-27(2,3)15-21(32)22(20)28(23(24(31)29)25(33)35-5)18-11-6-7-12-19(18)30(4)26(28)34/h6-13H,14-15,29H2,1-5H3. The number of ether oxygens (including phenoxy) is 1. The highest BCUT2D eigenvalue weighted by Crippen LogP contribution is 2.58. The highest BCUT2D eigenvalue weighted by atomic mass is 16.5. The molecule has 2 N–H and O–H groups in total. The molecule has 0 fully saturated rings. The molecule has 0 bridgehead atoms. The van der Waals surface area contributed by atoms with Crippen molar-refractivity contribution < 1.29 is 19.1 Å². The Bertz CT molecular complexity index is 1370. The van der Waals surface area contributed by atoms with Gasteiger partial charge in [0, 0.05) is 41.7 Å². The average Bonchev–Trinajstić information content (AvgIpc) is 3.01. The van der Waals surface area contributed by atoms with Crippen molar-refractivity contribution in [2.24, 2.45) is 11.1 Å². The van der Waals surface area contributed by atoms with Gasteiger partial charge in [0.2, 0.25) is 5.91 Å². The van der Waals surface area contributed by atoms with E-state index in [2.05, 4.69) is 0 Å². The summed E-state index contributed by atoms with van der Waals surface area (Å²) in [5.74, 6) is -1.18. The van der Waals surface area contributed by atoms with Gasteiger partial charge in [-0.1, -0.05) is 44.2 Å². The first-order valence-electron chi connectivity index (χ1n) is 11.6. The van der Waals surface area contributed by atoms with Crippen LogP contribution >= 0.6 is 0 Å². The van der Waals surface area contributed by atoms with Gasteiger partial charge in [-0.05, 0) is 42.5 Å². The van der Waals surface area contributed by atoms with E-state index in [1.165, 1.54) is 12.0 Å². The molecular weight excluding hydrogens is 442 g/mol. The monoisotopic (exact) mass is 471 g/mol. The van der Waals surface area contributed by atoms with Crippen molar-refractivity contribution in [2.45, 2.75) is 39.0 Å². The third kappa shape index (κ3) is 3.00. The summed E-state index contributed by atoms with van der Waals surface area (Å²) >= 11 is 0. The molecule has 3 aliphatic rings. The number of methoxy groups -OCH3 is 1. The van der Waals surface area contributed by atoms with E-state index in [-0.39, 0.29) is 34.9 Å². The molecule has 0 saturated heterocycles. The van der Waals surface area contributed by atoms with Gasteiger partial charge in [0.15, 0.2) is 5.78 Å². The summed E-state index contributed by atoms with van der Waals surface area (Å²) in [4.78, 5) is 44.9. The van der Waals surface area contributed by atoms with Crippen LogP contribution in [0.4, 0.5) is 11.4 Å². The lowest BCUT2D eigenvalue weighted by Crippen LogP contribution is -2.55. The number of hydrogen-bond donors (Lipinski definition) is 1. The van der Waals surface area contributed by atoms with E-state index < -0.39 is 11.4 Å². The first-order chi connectivity index (χ1) is 16.5. The van der Waals surface area contributed by atoms with Gasteiger partial charge in [-0.25, -0.2) is 4.79 Å². The number of likely N-dealkylation sites (N-methyl/N-ethyl adjacent to an activating group) is 1. The maximum absolute atomic E-state index is 14.2. The minimum absolute atomic E-state index is 0.0184. The Kier molecular flexibility index (Phi) is 4.95. The van der Waals surface area contributed by atoms with Crippen LogP contribution in [0, 0.1) is 12.3 Å². The fourth-order valence-electron chi connectivity index (χ4n) is 5.94. The van der Waals surface area contributed by atoms with Crippen LogP contribution in [0.5, 0.6) is 0 Å². The number of ketones is 1. The minimum atomic E-state index is -1.66. The van der Waals surface area contributed by atoms with Gasteiger partial charge in [0.05, 0.1) is 7.11 Å². The zero-order valence-electron chi connectivity index (χ0n) is 20.6. The van der Waals surface area contributed by atoms with Gasteiger partial charge in [-0.3, -0.25) is 14.5 Å². The van der Waals surface area contributed by atoms with Crippen molar-refractivity contribution >= 4 is 29.0 Å². The molecule has 0 saturated carbocycles. The summed E-state index contributed by atoms with van der Waals surface area (Å²) < 4.78 is 5.20. The Morgan fingerprint density at radius 2 is 1.77 bits per heavy atom. The molecule has 1 unspecified atom stereocenters. The summed E-state index contributed by atoms with van der Waals surface area (Å²) in [5.41, 5.74) is 8.70. The summed E-state index contributed by atoms with van der Waals surface area (Å²) in [6, 6.07) is 15.0. The van der Waals surface area contributed by atoms with Crippen LogP contribution in [0.3, 0.4) is 0 Å². The summed E-state index contributed by atoms with van der Waals surface area (Å²) in [7, 11) is 2.92. The van der Waals surface area contributed by atoms with E-state index in [0.717, 1.165) is 11.3 Å². The normalized spacial score (nSPS) is 23.1. The topological polar surface area (TPSA) is 92.9 Å². The van der Waals surface area contributed by atoms with E-state index in [1.807, 2.05) is 63.2 Å². The Balaban J connectivity index is 1.95. The molecule has 2 aromatic carbocycles. The van der Waals surface area contributed by atoms with Crippen LogP contribution in [0.1, 0.15) is 37.8 Å². The van der Waals surface area contributed by atoms with Crippen molar-refractivity contribution in [3.63, 3.8) is 0 Å². The van der Waals surface area contributed by atoms with Gasteiger partial charge in [-0.15, -0.1) is 0 Å².